The van der Waals surface area contributed by atoms with Crippen molar-refractivity contribution in [3.8, 4) is 0 Å². The number of aromatic nitrogens is 3. The van der Waals surface area contributed by atoms with Gasteiger partial charge in [0, 0.05) is 18.7 Å². The highest BCUT2D eigenvalue weighted by molar-refractivity contribution is 5.94. The number of likely N-dealkylation sites (tertiary alicyclic amines) is 1. The Bertz CT molecular complexity index is 1050. The summed E-state index contributed by atoms with van der Waals surface area (Å²) in [6.45, 7) is 4.49. The predicted molar refractivity (Wildman–Crippen MR) is 114 cm³/mol. The summed E-state index contributed by atoms with van der Waals surface area (Å²) in [5.74, 6) is -1.39. The van der Waals surface area contributed by atoms with Gasteiger partial charge in [0.1, 0.15) is 5.82 Å². The Morgan fingerprint density at radius 2 is 1.47 bits per heavy atom. The van der Waals surface area contributed by atoms with Crippen LogP contribution in [0, 0.1) is 0 Å². The zero-order valence-electron chi connectivity index (χ0n) is 19.1. The minimum atomic E-state index is -5.08. The molecule has 1 N–H and O–H groups in total. The van der Waals surface area contributed by atoms with Crippen molar-refractivity contribution in [1.82, 2.24) is 24.6 Å². The van der Waals surface area contributed by atoms with Crippen molar-refractivity contribution in [2.24, 2.45) is 0 Å². The SMILES string of the molecule is O=C(O)C(F)(F)F.O=C(c1ccc(C(F)(F)F)cc1)N1CCCn2c(CN3CCCCC3)nnc2C1. The number of hydrogen-bond acceptors (Lipinski definition) is 5. The largest absolute Gasteiger partial charge is 0.490 e. The molecule has 14 heteroatoms. The maximum Gasteiger partial charge on any atom is 0.490 e. The van der Waals surface area contributed by atoms with Gasteiger partial charge in [-0.2, -0.15) is 26.3 Å². The van der Waals surface area contributed by atoms with Crippen LogP contribution in [-0.4, -0.2) is 67.4 Å². The summed E-state index contributed by atoms with van der Waals surface area (Å²) in [5.41, 5.74) is -0.508. The lowest BCUT2D eigenvalue weighted by molar-refractivity contribution is -0.192. The highest BCUT2D eigenvalue weighted by Crippen LogP contribution is 2.29. The summed E-state index contributed by atoms with van der Waals surface area (Å²) < 4.78 is 72.1. The lowest BCUT2D eigenvalue weighted by Crippen LogP contribution is -2.31. The highest BCUT2D eigenvalue weighted by atomic mass is 19.4. The molecule has 1 amide bonds. The molecule has 0 bridgehead atoms. The van der Waals surface area contributed by atoms with Gasteiger partial charge >= 0.3 is 18.3 Å². The Morgan fingerprint density at radius 3 is 2.03 bits per heavy atom. The molecule has 3 heterocycles. The van der Waals surface area contributed by atoms with E-state index in [4.69, 9.17) is 9.90 Å². The zero-order valence-corrected chi connectivity index (χ0v) is 19.1. The molecule has 198 valence electrons. The summed E-state index contributed by atoms with van der Waals surface area (Å²) in [5, 5.41) is 15.8. The summed E-state index contributed by atoms with van der Waals surface area (Å²) in [7, 11) is 0. The van der Waals surface area contributed by atoms with Gasteiger partial charge in [-0.1, -0.05) is 6.42 Å². The second kappa shape index (κ2) is 11.3. The fourth-order valence-corrected chi connectivity index (χ4v) is 4.01. The molecule has 4 rings (SSSR count). The van der Waals surface area contributed by atoms with E-state index >= 15 is 0 Å². The van der Waals surface area contributed by atoms with Crippen LogP contribution in [0.3, 0.4) is 0 Å². The van der Waals surface area contributed by atoms with E-state index in [1.165, 1.54) is 31.4 Å². The van der Waals surface area contributed by atoms with E-state index in [1.54, 1.807) is 4.90 Å². The smallest absolute Gasteiger partial charge is 0.475 e. The van der Waals surface area contributed by atoms with Crippen molar-refractivity contribution < 1.29 is 41.0 Å². The number of carboxylic acids is 1. The fraction of sp³-hybridized carbons (Fsp3) is 0.545. The second-order valence-electron chi connectivity index (χ2n) is 8.48. The molecular formula is C22H25F6N5O3. The van der Waals surface area contributed by atoms with E-state index in [2.05, 4.69) is 19.7 Å². The third-order valence-electron chi connectivity index (χ3n) is 5.85. The van der Waals surface area contributed by atoms with Crippen LogP contribution in [0.2, 0.25) is 0 Å². The van der Waals surface area contributed by atoms with Gasteiger partial charge in [-0.15, -0.1) is 10.2 Å². The molecule has 0 aliphatic carbocycles. The molecule has 0 radical (unpaired) electrons. The van der Waals surface area contributed by atoms with E-state index in [0.29, 0.717) is 13.1 Å². The number of aliphatic carboxylic acids is 1. The molecule has 1 aromatic carbocycles. The molecule has 1 aromatic heterocycles. The number of nitrogens with zero attached hydrogens (tertiary/aromatic N) is 5. The van der Waals surface area contributed by atoms with Crippen molar-refractivity contribution in [2.45, 2.75) is 57.7 Å². The number of hydrogen-bond donors (Lipinski definition) is 1. The number of carbonyl (C=O) groups is 2. The lowest BCUT2D eigenvalue weighted by atomic mass is 10.1. The standard InChI is InChI=1S/C20H24F3N5O.C2HF3O2/c21-20(22,23)16-7-5-15(6-8-16)19(29)27-11-4-12-28-17(24-25-18(28)14-27)13-26-9-2-1-3-10-26;3-2(4,5)1(6)7/h5-8H,1-4,9-14H2;(H,6,7). The maximum atomic E-state index is 12.8. The normalized spacial score (nSPS) is 17.0. The molecule has 0 saturated carbocycles. The van der Waals surface area contributed by atoms with Crippen molar-refractivity contribution in [2.75, 3.05) is 19.6 Å². The Labute approximate surface area is 202 Å². The van der Waals surface area contributed by atoms with Crippen molar-refractivity contribution in [1.29, 1.82) is 0 Å². The van der Waals surface area contributed by atoms with Gasteiger partial charge in [-0.05, 0) is 56.6 Å². The quantitative estimate of drug-likeness (QED) is 0.615. The van der Waals surface area contributed by atoms with E-state index in [-0.39, 0.29) is 11.5 Å². The molecule has 1 saturated heterocycles. The number of carbonyl (C=O) groups excluding carboxylic acids is 1. The van der Waals surface area contributed by atoms with Crippen LogP contribution in [0.25, 0.3) is 0 Å². The molecule has 0 unspecified atom stereocenters. The Balaban J connectivity index is 0.000000454. The number of piperidine rings is 1. The third-order valence-corrected chi connectivity index (χ3v) is 5.85. The Hall–Kier alpha value is -3.16. The van der Waals surface area contributed by atoms with Crippen LogP contribution >= 0.6 is 0 Å². The van der Waals surface area contributed by atoms with Crippen LogP contribution in [-0.2, 0) is 30.6 Å². The molecule has 2 aromatic rings. The lowest BCUT2D eigenvalue weighted by Gasteiger charge is -2.25. The van der Waals surface area contributed by atoms with Crippen molar-refractivity contribution in [3.63, 3.8) is 0 Å². The van der Waals surface area contributed by atoms with Crippen LogP contribution in [0.4, 0.5) is 26.3 Å². The number of carboxylic acid groups (broad SMARTS) is 1. The number of alkyl halides is 6. The van der Waals surface area contributed by atoms with Gasteiger partial charge in [0.2, 0.25) is 0 Å². The average molecular weight is 521 g/mol. The molecule has 2 aliphatic rings. The first kappa shape index (κ1) is 27.4. The van der Waals surface area contributed by atoms with E-state index in [1.807, 2.05) is 0 Å². The van der Waals surface area contributed by atoms with Crippen LogP contribution in [0.5, 0.6) is 0 Å². The van der Waals surface area contributed by atoms with Gasteiger partial charge < -0.3 is 14.6 Å². The summed E-state index contributed by atoms with van der Waals surface area (Å²) in [6, 6.07) is 4.37. The van der Waals surface area contributed by atoms with Crippen LogP contribution in [0.15, 0.2) is 24.3 Å². The summed E-state index contributed by atoms with van der Waals surface area (Å²) >= 11 is 0. The first-order valence-electron chi connectivity index (χ1n) is 11.3. The van der Waals surface area contributed by atoms with Crippen LogP contribution in [0.1, 0.15) is 53.3 Å². The minimum Gasteiger partial charge on any atom is -0.475 e. The van der Waals surface area contributed by atoms with Gasteiger partial charge in [0.05, 0.1) is 18.7 Å². The minimum absolute atomic E-state index is 0.250. The molecule has 0 atom stereocenters. The fourth-order valence-electron chi connectivity index (χ4n) is 4.01. The number of benzene rings is 1. The first-order chi connectivity index (χ1) is 16.9. The van der Waals surface area contributed by atoms with Crippen molar-refractivity contribution >= 4 is 11.9 Å². The summed E-state index contributed by atoms with van der Waals surface area (Å²) in [6.07, 6.45) is -5.06. The monoisotopic (exact) mass is 521 g/mol. The molecule has 1 fully saturated rings. The van der Waals surface area contributed by atoms with E-state index in [0.717, 1.165) is 56.4 Å². The van der Waals surface area contributed by atoms with E-state index < -0.39 is 23.9 Å². The Morgan fingerprint density at radius 1 is 0.861 bits per heavy atom. The van der Waals surface area contributed by atoms with E-state index in [9.17, 15) is 31.1 Å². The second-order valence-corrected chi connectivity index (χ2v) is 8.48. The van der Waals surface area contributed by atoms with Gasteiger partial charge in [0.15, 0.2) is 5.82 Å². The van der Waals surface area contributed by atoms with Gasteiger partial charge in [-0.3, -0.25) is 9.69 Å². The number of rotatable bonds is 3. The van der Waals surface area contributed by atoms with Crippen LogP contribution < -0.4 is 0 Å². The van der Waals surface area contributed by atoms with Gasteiger partial charge in [0.25, 0.3) is 5.91 Å². The molecule has 36 heavy (non-hydrogen) atoms. The number of amides is 1. The predicted octanol–water partition coefficient (Wildman–Crippen LogP) is 3.96. The highest BCUT2D eigenvalue weighted by Gasteiger charge is 2.38. The number of fused-ring (bicyclic) bond motifs is 1. The average Bonchev–Trinajstić information content (AvgIpc) is 3.05. The molecule has 8 nitrogen and oxygen atoms in total. The Kier molecular flexibility index (Phi) is 8.59. The topological polar surface area (TPSA) is 91.6 Å². The maximum absolute atomic E-state index is 12.8. The first-order valence-corrected chi connectivity index (χ1v) is 11.3. The molecule has 2 aliphatic heterocycles. The summed E-state index contributed by atoms with van der Waals surface area (Å²) in [4.78, 5) is 25.7. The zero-order chi connectivity index (χ0) is 26.5. The molecular weight excluding hydrogens is 496 g/mol. The number of halogens is 6. The van der Waals surface area contributed by atoms with Crippen molar-refractivity contribution in [3.05, 3.63) is 47.0 Å². The third kappa shape index (κ3) is 7.18. The molecule has 0 spiro atoms. The van der Waals surface area contributed by atoms with Gasteiger partial charge in [-0.25, -0.2) is 4.79 Å².